The Bertz CT molecular complexity index is 297. The van der Waals surface area contributed by atoms with E-state index in [1.54, 1.807) is 0 Å². The summed E-state index contributed by atoms with van der Waals surface area (Å²) < 4.78 is 5.36. The maximum Gasteiger partial charge on any atom is 0.191 e. The van der Waals surface area contributed by atoms with E-state index in [4.69, 9.17) is 4.74 Å². The van der Waals surface area contributed by atoms with Gasteiger partial charge in [-0.3, -0.25) is 9.89 Å². The van der Waals surface area contributed by atoms with Crippen molar-refractivity contribution in [2.24, 2.45) is 10.9 Å². The van der Waals surface area contributed by atoms with Crippen LogP contribution in [0.3, 0.4) is 0 Å². The number of aliphatic imine (C=N–C) groups is 1. The third-order valence-electron chi connectivity index (χ3n) is 4.60. The Morgan fingerprint density at radius 3 is 2.57 bits per heavy atom. The molecule has 2 aliphatic rings. The molecule has 1 saturated carbocycles. The first kappa shape index (κ1) is 16.6. The lowest BCUT2D eigenvalue weighted by molar-refractivity contribution is 0.0389. The van der Waals surface area contributed by atoms with Crippen molar-refractivity contribution in [3.05, 3.63) is 0 Å². The zero-order valence-corrected chi connectivity index (χ0v) is 13.6. The highest BCUT2D eigenvalue weighted by atomic mass is 16.5. The van der Waals surface area contributed by atoms with Crippen LogP contribution in [0.25, 0.3) is 0 Å². The van der Waals surface area contributed by atoms with Crippen molar-refractivity contribution in [3.63, 3.8) is 0 Å². The van der Waals surface area contributed by atoms with E-state index in [9.17, 15) is 0 Å². The van der Waals surface area contributed by atoms with Crippen molar-refractivity contribution in [1.82, 2.24) is 15.5 Å². The Morgan fingerprint density at radius 2 is 1.86 bits per heavy atom. The largest absolute Gasteiger partial charge is 0.379 e. The summed E-state index contributed by atoms with van der Waals surface area (Å²) in [7, 11) is 1.85. The monoisotopic (exact) mass is 296 g/mol. The van der Waals surface area contributed by atoms with E-state index in [-0.39, 0.29) is 0 Å². The summed E-state index contributed by atoms with van der Waals surface area (Å²) in [5, 5.41) is 6.83. The molecular weight excluding hydrogens is 264 g/mol. The highest BCUT2D eigenvalue weighted by molar-refractivity contribution is 5.79. The van der Waals surface area contributed by atoms with Gasteiger partial charge in [0.05, 0.1) is 13.2 Å². The highest BCUT2D eigenvalue weighted by Gasteiger charge is 2.14. The molecule has 2 N–H and O–H groups in total. The zero-order valence-electron chi connectivity index (χ0n) is 13.6. The molecule has 21 heavy (non-hydrogen) atoms. The van der Waals surface area contributed by atoms with Gasteiger partial charge in [0.15, 0.2) is 5.96 Å². The summed E-state index contributed by atoms with van der Waals surface area (Å²) in [6, 6.07) is 0. The molecule has 1 heterocycles. The highest BCUT2D eigenvalue weighted by Crippen LogP contribution is 2.28. The third-order valence-corrected chi connectivity index (χ3v) is 4.60. The van der Waals surface area contributed by atoms with E-state index in [2.05, 4.69) is 20.5 Å². The van der Waals surface area contributed by atoms with Gasteiger partial charge in [-0.05, 0) is 18.8 Å². The van der Waals surface area contributed by atoms with E-state index in [0.717, 1.165) is 57.8 Å². The van der Waals surface area contributed by atoms with Gasteiger partial charge in [0.2, 0.25) is 0 Å². The molecule has 1 aliphatic heterocycles. The van der Waals surface area contributed by atoms with Gasteiger partial charge in [-0.1, -0.05) is 25.7 Å². The van der Waals surface area contributed by atoms with Gasteiger partial charge in [0, 0.05) is 39.8 Å². The predicted molar refractivity (Wildman–Crippen MR) is 87.8 cm³/mol. The number of nitrogens with zero attached hydrogens (tertiary/aromatic N) is 2. The normalized spacial score (nSPS) is 21.7. The SMILES string of the molecule is CN=C(NCCCC1CCCC1)NCCN1CCOCC1. The molecule has 0 amide bonds. The van der Waals surface area contributed by atoms with Crippen LogP contribution in [0.5, 0.6) is 0 Å². The molecule has 0 radical (unpaired) electrons. The molecular formula is C16H32N4O. The van der Waals surface area contributed by atoms with Crippen LogP contribution in [0.2, 0.25) is 0 Å². The number of guanidine groups is 1. The smallest absolute Gasteiger partial charge is 0.191 e. The van der Waals surface area contributed by atoms with Crippen LogP contribution < -0.4 is 10.6 Å². The Labute approximate surface area is 129 Å². The van der Waals surface area contributed by atoms with Gasteiger partial charge < -0.3 is 15.4 Å². The molecule has 1 saturated heterocycles. The molecule has 2 rings (SSSR count). The first-order valence-electron chi connectivity index (χ1n) is 8.63. The fraction of sp³-hybridized carbons (Fsp3) is 0.938. The molecule has 2 fully saturated rings. The molecule has 0 aromatic rings. The topological polar surface area (TPSA) is 48.9 Å². The second-order valence-electron chi connectivity index (χ2n) is 6.17. The number of rotatable bonds is 7. The summed E-state index contributed by atoms with van der Waals surface area (Å²) in [5.41, 5.74) is 0. The second-order valence-corrected chi connectivity index (χ2v) is 6.17. The molecule has 0 aromatic carbocycles. The molecule has 0 aromatic heterocycles. The molecule has 0 bridgehead atoms. The first-order chi connectivity index (χ1) is 10.4. The fourth-order valence-electron chi connectivity index (χ4n) is 3.27. The fourth-order valence-corrected chi connectivity index (χ4v) is 3.27. The minimum Gasteiger partial charge on any atom is -0.379 e. The molecule has 5 nitrogen and oxygen atoms in total. The number of ether oxygens (including phenoxy) is 1. The lowest BCUT2D eigenvalue weighted by Gasteiger charge is -2.26. The number of morpholine rings is 1. The zero-order chi connectivity index (χ0) is 14.8. The maximum absolute atomic E-state index is 5.36. The van der Waals surface area contributed by atoms with E-state index >= 15 is 0 Å². The molecule has 0 spiro atoms. The van der Waals surface area contributed by atoms with Crippen LogP contribution in [0.15, 0.2) is 4.99 Å². The lowest BCUT2D eigenvalue weighted by atomic mass is 10.0. The minimum atomic E-state index is 0.869. The van der Waals surface area contributed by atoms with Gasteiger partial charge in [0.25, 0.3) is 0 Å². The summed E-state index contributed by atoms with van der Waals surface area (Å²) in [5.74, 6) is 1.93. The predicted octanol–water partition coefficient (Wildman–Crippen LogP) is 1.45. The van der Waals surface area contributed by atoms with Crippen LogP contribution >= 0.6 is 0 Å². The summed E-state index contributed by atoms with van der Waals surface area (Å²) in [6.07, 6.45) is 8.43. The van der Waals surface area contributed by atoms with Gasteiger partial charge in [0.1, 0.15) is 0 Å². The van der Waals surface area contributed by atoms with Crippen LogP contribution in [-0.2, 0) is 4.74 Å². The van der Waals surface area contributed by atoms with Crippen molar-refractivity contribution in [3.8, 4) is 0 Å². The van der Waals surface area contributed by atoms with E-state index in [0.29, 0.717) is 0 Å². The van der Waals surface area contributed by atoms with Crippen LogP contribution in [0, 0.1) is 5.92 Å². The van der Waals surface area contributed by atoms with Crippen molar-refractivity contribution in [1.29, 1.82) is 0 Å². The van der Waals surface area contributed by atoms with Crippen molar-refractivity contribution in [2.75, 3.05) is 53.0 Å². The molecule has 122 valence electrons. The maximum atomic E-state index is 5.36. The molecule has 1 aliphatic carbocycles. The second kappa shape index (κ2) is 10.0. The average molecular weight is 296 g/mol. The third kappa shape index (κ3) is 6.66. The van der Waals surface area contributed by atoms with Gasteiger partial charge in [-0.2, -0.15) is 0 Å². The number of hydrogen-bond acceptors (Lipinski definition) is 3. The average Bonchev–Trinajstić information content (AvgIpc) is 3.04. The van der Waals surface area contributed by atoms with Crippen LogP contribution in [-0.4, -0.2) is 63.8 Å². The Balaban J connectivity index is 1.49. The Kier molecular flexibility index (Phi) is 7.89. The van der Waals surface area contributed by atoms with Crippen molar-refractivity contribution < 1.29 is 4.74 Å². The van der Waals surface area contributed by atoms with Gasteiger partial charge in [-0.15, -0.1) is 0 Å². The van der Waals surface area contributed by atoms with E-state index in [1.807, 2.05) is 7.05 Å². The Morgan fingerprint density at radius 1 is 1.14 bits per heavy atom. The lowest BCUT2D eigenvalue weighted by Crippen LogP contribution is -2.44. The number of hydrogen-bond donors (Lipinski definition) is 2. The molecule has 0 unspecified atom stereocenters. The van der Waals surface area contributed by atoms with Crippen LogP contribution in [0.4, 0.5) is 0 Å². The number of nitrogens with one attached hydrogen (secondary N) is 2. The molecule has 5 heteroatoms. The van der Waals surface area contributed by atoms with Crippen LogP contribution in [0.1, 0.15) is 38.5 Å². The van der Waals surface area contributed by atoms with E-state index < -0.39 is 0 Å². The Hall–Kier alpha value is -0.810. The van der Waals surface area contributed by atoms with Crippen molar-refractivity contribution >= 4 is 5.96 Å². The van der Waals surface area contributed by atoms with Crippen molar-refractivity contribution in [2.45, 2.75) is 38.5 Å². The minimum absolute atomic E-state index is 0.869. The van der Waals surface area contributed by atoms with Gasteiger partial charge in [-0.25, -0.2) is 0 Å². The summed E-state index contributed by atoms with van der Waals surface area (Å²) >= 11 is 0. The first-order valence-corrected chi connectivity index (χ1v) is 8.63. The quantitative estimate of drug-likeness (QED) is 0.424. The molecule has 0 atom stereocenters. The van der Waals surface area contributed by atoms with Gasteiger partial charge >= 0.3 is 0 Å². The van der Waals surface area contributed by atoms with E-state index in [1.165, 1.54) is 38.5 Å². The summed E-state index contributed by atoms with van der Waals surface area (Å²) in [6.45, 7) is 6.88. The standard InChI is InChI=1S/C16H32N4O/c1-17-16(18-8-4-7-15-5-2-3-6-15)19-9-10-20-11-13-21-14-12-20/h15H,2-14H2,1H3,(H2,17,18,19). The summed E-state index contributed by atoms with van der Waals surface area (Å²) in [4.78, 5) is 6.73.